The molecule has 0 saturated carbocycles. The third-order valence-corrected chi connectivity index (χ3v) is 7.21. The predicted octanol–water partition coefficient (Wildman–Crippen LogP) is 1.03. The van der Waals surface area contributed by atoms with Gasteiger partial charge in [0.15, 0.2) is 0 Å². The molecule has 0 atom stereocenters. The number of nitrogens with one attached hydrogen (secondary N) is 1. The molecule has 9 nitrogen and oxygen atoms in total. The van der Waals surface area contributed by atoms with Crippen molar-refractivity contribution in [1.82, 2.24) is 9.62 Å². The van der Waals surface area contributed by atoms with Crippen LogP contribution in [0, 0.1) is 0 Å². The number of carbonyl (C=O) groups is 1. The van der Waals surface area contributed by atoms with Crippen LogP contribution < -0.4 is 14.4 Å². The summed E-state index contributed by atoms with van der Waals surface area (Å²) >= 11 is 0. The molecule has 30 heavy (non-hydrogen) atoms. The number of carbonyl (C=O) groups excluding carboxylic acids is 1. The fourth-order valence-electron chi connectivity index (χ4n) is 2.53. The van der Waals surface area contributed by atoms with Crippen LogP contribution in [0.15, 0.2) is 53.4 Å². The van der Waals surface area contributed by atoms with Crippen LogP contribution in [0.3, 0.4) is 0 Å². The number of hydrogen-bond acceptors (Lipinski definition) is 6. The SMILES string of the molecule is COc1ccc(CNC(=O)CN(c2ccc(S(=O)(=O)N(C)C)cc2)S(C)(=O)=O)cc1. The van der Waals surface area contributed by atoms with Crippen molar-refractivity contribution >= 4 is 31.6 Å². The number of nitrogens with zero attached hydrogens (tertiary/aromatic N) is 2. The predicted molar refractivity (Wildman–Crippen MR) is 114 cm³/mol. The van der Waals surface area contributed by atoms with Crippen molar-refractivity contribution in [3.63, 3.8) is 0 Å². The summed E-state index contributed by atoms with van der Waals surface area (Å²) in [5.74, 6) is 0.189. The largest absolute Gasteiger partial charge is 0.497 e. The lowest BCUT2D eigenvalue weighted by atomic mass is 10.2. The van der Waals surface area contributed by atoms with E-state index in [0.717, 1.165) is 20.4 Å². The highest BCUT2D eigenvalue weighted by atomic mass is 32.2. The lowest BCUT2D eigenvalue weighted by Gasteiger charge is -2.22. The maximum atomic E-state index is 12.3. The van der Waals surface area contributed by atoms with Crippen molar-refractivity contribution < 1.29 is 26.4 Å². The molecule has 0 radical (unpaired) electrons. The minimum atomic E-state index is -3.77. The summed E-state index contributed by atoms with van der Waals surface area (Å²) in [5.41, 5.74) is 1.02. The summed E-state index contributed by atoms with van der Waals surface area (Å²) in [6, 6.07) is 12.4. The standard InChI is InChI=1S/C19H25N3O6S2/c1-21(2)30(26,27)18-11-7-16(8-12-18)22(29(4,24)25)14-19(23)20-13-15-5-9-17(28-3)10-6-15/h5-12H,13-14H2,1-4H3,(H,20,23). The zero-order valence-electron chi connectivity index (χ0n) is 17.2. The van der Waals surface area contributed by atoms with E-state index < -0.39 is 32.5 Å². The number of methoxy groups -OCH3 is 1. The first-order chi connectivity index (χ1) is 13.9. The van der Waals surface area contributed by atoms with Gasteiger partial charge in [0.05, 0.1) is 23.9 Å². The highest BCUT2D eigenvalue weighted by Crippen LogP contribution is 2.21. The molecule has 1 amide bonds. The summed E-state index contributed by atoms with van der Waals surface area (Å²) in [7, 11) is -3.06. The third kappa shape index (κ3) is 5.94. The highest BCUT2D eigenvalue weighted by Gasteiger charge is 2.22. The normalized spacial score (nSPS) is 11.9. The Hall–Kier alpha value is -2.63. The Morgan fingerprint density at radius 1 is 0.967 bits per heavy atom. The number of amides is 1. The molecule has 0 aliphatic heterocycles. The molecule has 2 aromatic carbocycles. The van der Waals surface area contributed by atoms with Crippen LogP contribution in [0.25, 0.3) is 0 Å². The van der Waals surface area contributed by atoms with Gasteiger partial charge in [-0.25, -0.2) is 21.1 Å². The van der Waals surface area contributed by atoms with E-state index in [1.54, 1.807) is 31.4 Å². The van der Waals surface area contributed by atoms with Gasteiger partial charge in [-0.05, 0) is 42.0 Å². The zero-order valence-corrected chi connectivity index (χ0v) is 18.8. The Balaban J connectivity index is 2.13. The van der Waals surface area contributed by atoms with E-state index in [-0.39, 0.29) is 17.1 Å². The van der Waals surface area contributed by atoms with E-state index in [9.17, 15) is 21.6 Å². The van der Waals surface area contributed by atoms with Gasteiger partial charge in [-0.15, -0.1) is 0 Å². The van der Waals surface area contributed by atoms with Crippen LogP contribution in [0.4, 0.5) is 5.69 Å². The second kappa shape index (κ2) is 9.45. The van der Waals surface area contributed by atoms with Gasteiger partial charge >= 0.3 is 0 Å². The molecule has 0 aliphatic rings. The Bertz CT molecular complexity index is 1080. The maximum absolute atomic E-state index is 12.3. The molecule has 2 rings (SSSR count). The number of benzene rings is 2. The molecular weight excluding hydrogens is 430 g/mol. The first-order valence-corrected chi connectivity index (χ1v) is 12.1. The van der Waals surface area contributed by atoms with E-state index in [1.807, 2.05) is 0 Å². The van der Waals surface area contributed by atoms with Gasteiger partial charge in [0.25, 0.3) is 0 Å². The first kappa shape index (κ1) is 23.6. The number of sulfonamides is 2. The Kier molecular flexibility index (Phi) is 7.45. The molecular formula is C19H25N3O6S2. The molecule has 0 spiro atoms. The van der Waals surface area contributed by atoms with Crippen molar-refractivity contribution in [3.8, 4) is 5.75 Å². The molecule has 0 aromatic heterocycles. The smallest absolute Gasteiger partial charge is 0.242 e. The maximum Gasteiger partial charge on any atom is 0.242 e. The van der Waals surface area contributed by atoms with Crippen LogP contribution in [0.5, 0.6) is 5.75 Å². The summed E-state index contributed by atoms with van der Waals surface area (Å²) in [4.78, 5) is 12.4. The van der Waals surface area contributed by atoms with Crippen LogP contribution in [-0.4, -0.2) is 61.1 Å². The zero-order chi connectivity index (χ0) is 22.5. The second-order valence-electron chi connectivity index (χ2n) is 6.68. The summed E-state index contributed by atoms with van der Waals surface area (Å²) < 4.78 is 55.8. The highest BCUT2D eigenvalue weighted by molar-refractivity contribution is 7.92. The molecule has 0 unspecified atom stereocenters. The van der Waals surface area contributed by atoms with Gasteiger partial charge in [0, 0.05) is 20.6 Å². The van der Waals surface area contributed by atoms with Gasteiger partial charge in [0.1, 0.15) is 12.3 Å². The van der Waals surface area contributed by atoms with Crippen molar-refractivity contribution in [2.45, 2.75) is 11.4 Å². The minimum Gasteiger partial charge on any atom is -0.497 e. The molecule has 0 bridgehead atoms. The minimum absolute atomic E-state index is 0.0219. The quantitative estimate of drug-likeness (QED) is 0.604. The van der Waals surface area contributed by atoms with E-state index in [2.05, 4.69) is 5.32 Å². The Morgan fingerprint density at radius 3 is 2.00 bits per heavy atom. The van der Waals surface area contributed by atoms with Crippen molar-refractivity contribution in [3.05, 3.63) is 54.1 Å². The number of ether oxygens (including phenoxy) is 1. The Morgan fingerprint density at radius 2 is 1.53 bits per heavy atom. The van der Waals surface area contributed by atoms with Crippen molar-refractivity contribution in [2.24, 2.45) is 0 Å². The number of hydrogen-bond donors (Lipinski definition) is 1. The Labute approximate surface area is 177 Å². The van der Waals surface area contributed by atoms with E-state index >= 15 is 0 Å². The molecule has 0 saturated heterocycles. The monoisotopic (exact) mass is 455 g/mol. The summed E-state index contributed by atoms with van der Waals surface area (Å²) in [5, 5.41) is 2.67. The molecule has 1 N–H and O–H groups in total. The first-order valence-electron chi connectivity index (χ1n) is 8.85. The fraction of sp³-hybridized carbons (Fsp3) is 0.316. The van der Waals surface area contributed by atoms with Gasteiger partial charge in [-0.2, -0.15) is 0 Å². The van der Waals surface area contributed by atoms with Crippen LogP contribution in [0.2, 0.25) is 0 Å². The third-order valence-electron chi connectivity index (χ3n) is 4.24. The average molecular weight is 456 g/mol. The van der Waals surface area contributed by atoms with Gasteiger partial charge in [-0.1, -0.05) is 12.1 Å². The topological polar surface area (TPSA) is 113 Å². The lowest BCUT2D eigenvalue weighted by molar-refractivity contribution is -0.119. The number of anilines is 1. The molecule has 0 aliphatic carbocycles. The van der Waals surface area contributed by atoms with Crippen LogP contribution in [0.1, 0.15) is 5.56 Å². The van der Waals surface area contributed by atoms with E-state index in [0.29, 0.717) is 5.75 Å². The van der Waals surface area contributed by atoms with Crippen molar-refractivity contribution in [1.29, 1.82) is 0 Å². The molecule has 0 fully saturated rings. The summed E-state index contributed by atoms with van der Waals surface area (Å²) in [6.45, 7) is -0.213. The van der Waals surface area contributed by atoms with Crippen molar-refractivity contribution in [2.75, 3.05) is 38.3 Å². The van der Waals surface area contributed by atoms with Gasteiger partial charge in [0.2, 0.25) is 26.0 Å². The molecule has 2 aromatic rings. The molecule has 164 valence electrons. The van der Waals surface area contributed by atoms with Gasteiger partial charge in [-0.3, -0.25) is 9.10 Å². The average Bonchev–Trinajstić information content (AvgIpc) is 2.70. The van der Waals surface area contributed by atoms with Crippen LogP contribution >= 0.6 is 0 Å². The molecule has 11 heteroatoms. The van der Waals surface area contributed by atoms with Gasteiger partial charge < -0.3 is 10.1 Å². The fourth-order valence-corrected chi connectivity index (χ4v) is 4.28. The number of rotatable bonds is 9. The van der Waals surface area contributed by atoms with Crippen LogP contribution in [-0.2, 0) is 31.4 Å². The second-order valence-corrected chi connectivity index (χ2v) is 10.7. The lowest BCUT2D eigenvalue weighted by Crippen LogP contribution is -2.40. The van der Waals surface area contributed by atoms with E-state index in [1.165, 1.54) is 38.4 Å². The van der Waals surface area contributed by atoms with E-state index in [4.69, 9.17) is 4.74 Å². The summed E-state index contributed by atoms with van der Waals surface area (Å²) in [6.07, 6.45) is 0.980. The molecule has 0 heterocycles.